The standard InChI is InChI=1S/C17H25FO2S/c1-11-9-13(17(3,4)5)10-12(2)16(11)21(19)20-15-8-6-7-14(15)18/h9-10,14-15H,6-8H2,1-5H3/t14-,15-,21?/m1/s1. The number of aryl methyl sites for hydroxylation is 2. The van der Waals surface area contributed by atoms with Crippen molar-refractivity contribution in [2.45, 2.75) is 76.5 Å². The van der Waals surface area contributed by atoms with Crippen molar-refractivity contribution < 1.29 is 12.8 Å². The Kier molecular flexibility index (Phi) is 4.89. The molecular formula is C17H25FO2S. The zero-order valence-corrected chi connectivity index (χ0v) is 14.3. The summed E-state index contributed by atoms with van der Waals surface area (Å²) in [5.41, 5.74) is 3.16. The zero-order valence-electron chi connectivity index (χ0n) is 13.5. The molecule has 118 valence electrons. The number of hydrogen-bond acceptors (Lipinski definition) is 2. The van der Waals surface area contributed by atoms with Crippen molar-refractivity contribution >= 4 is 11.1 Å². The maximum absolute atomic E-state index is 13.6. The van der Waals surface area contributed by atoms with Crippen molar-refractivity contribution in [2.75, 3.05) is 0 Å². The Morgan fingerprint density at radius 2 is 1.76 bits per heavy atom. The quantitative estimate of drug-likeness (QED) is 0.819. The van der Waals surface area contributed by atoms with Crippen LogP contribution >= 0.6 is 0 Å². The van der Waals surface area contributed by atoms with Gasteiger partial charge in [0.2, 0.25) is 0 Å². The van der Waals surface area contributed by atoms with Crippen LogP contribution in [0.3, 0.4) is 0 Å². The highest BCUT2D eigenvalue weighted by atomic mass is 32.2. The van der Waals surface area contributed by atoms with Crippen LogP contribution in [-0.4, -0.2) is 16.5 Å². The fourth-order valence-corrected chi connectivity index (χ4v) is 3.98. The smallest absolute Gasteiger partial charge is 0.190 e. The molecule has 2 rings (SSSR count). The van der Waals surface area contributed by atoms with Gasteiger partial charge < -0.3 is 0 Å². The Morgan fingerprint density at radius 3 is 2.19 bits per heavy atom. The number of alkyl halides is 1. The lowest BCUT2D eigenvalue weighted by molar-refractivity contribution is 0.140. The number of rotatable bonds is 3. The Balaban J connectivity index is 2.25. The van der Waals surface area contributed by atoms with E-state index < -0.39 is 23.4 Å². The molecule has 0 saturated heterocycles. The van der Waals surface area contributed by atoms with E-state index in [4.69, 9.17) is 4.18 Å². The maximum Gasteiger partial charge on any atom is 0.190 e. The minimum Gasteiger partial charge on any atom is -0.280 e. The van der Waals surface area contributed by atoms with Gasteiger partial charge in [-0.15, -0.1) is 0 Å². The third-order valence-corrected chi connectivity index (χ3v) is 5.48. The van der Waals surface area contributed by atoms with Crippen molar-refractivity contribution in [2.24, 2.45) is 0 Å². The van der Waals surface area contributed by atoms with Crippen molar-refractivity contribution in [1.29, 1.82) is 0 Å². The molecule has 0 amide bonds. The third kappa shape index (κ3) is 3.72. The van der Waals surface area contributed by atoms with Crippen molar-refractivity contribution in [3.63, 3.8) is 0 Å². The Morgan fingerprint density at radius 1 is 1.19 bits per heavy atom. The molecule has 1 aliphatic carbocycles. The number of benzene rings is 1. The Bertz CT molecular complexity index is 525. The van der Waals surface area contributed by atoms with Gasteiger partial charge in [0.25, 0.3) is 0 Å². The predicted octanol–water partition coefficient (Wildman–Crippen LogP) is 4.53. The van der Waals surface area contributed by atoms with E-state index in [0.717, 1.165) is 17.5 Å². The molecule has 0 aromatic heterocycles. The van der Waals surface area contributed by atoms with Crippen LogP contribution in [0, 0.1) is 13.8 Å². The van der Waals surface area contributed by atoms with Crippen molar-refractivity contribution in [1.82, 2.24) is 0 Å². The van der Waals surface area contributed by atoms with E-state index in [0.29, 0.717) is 17.7 Å². The monoisotopic (exact) mass is 312 g/mol. The summed E-state index contributed by atoms with van der Waals surface area (Å²) in [4.78, 5) is 0.696. The molecule has 3 atom stereocenters. The highest BCUT2D eigenvalue weighted by molar-refractivity contribution is 7.80. The molecule has 0 spiro atoms. The van der Waals surface area contributed by atoms with Crippen LogP contribution in [0.15, 0.2) is 17.0 Å². The molecular weight excluding hydrogens is 287 g/mol. The second-order valence-electron chi connectivity index (χ2n) is 7.01. The summed E-state index contributed by atoms with van der Waals surface area (Å²) >= 11 is -1.59. The molecule has 1 fully saturated rings. The Labute approximate surface area is 129 Å². The summed E-state index contributed by atoms with van der Waals surface area (Å²) in [5.74, 6) is 0. The molecule has 1 aromatic carbocycles. The van der Waals surface area contributed by atoms with E-state index in [2.05, 4.69) is 32.9 Å². The molecule has 1 unspecified atom stereocenters. The lowest BCUT2D eigenvalue weighted by atomic mass is 9.85. The van der Waals surface area contributed by atoms with E-state index >= 15 is 0 Å². The lowest BCUT2D eigenvalue weighted by Gasteiger charge is -2.22. The van der Waals surface area contributed by atoms with Gasteiger partial charge in [0.05, 0.1) is 4.90 Å². The molecule has 4 heteroatoms. The fourth-order valence-electron chi connectivity index (χ4n) is 2.80. The van der Waals surface area contributed by atoms with E-state index in [9.17, 15) is 8.60 Å². The van der Waals surface area contributed by atoms with Crippen LogP contribution in [0.5, 0.6) is 0 Å². The zero-order chi connectivity index (χ0) is 15.8. The molecule has 0 heterocycles. The second-order valence-corrected chi connectivity index (χ2v) is 8.08. The maximum atomic E-state index is 13.6. The van der Waals surface area contributed by atoms with Gasteiger partial charge in [-0.1, -0.05) is 32.9 Å². The van der Waals surface area contributed by atoms with Crippen LogP contribution in [-0.2, 0) is 20.7 Å². The van der Waals surface area contributed by atoms with Gasteiger partial charge in [0.1, 0.15) is 12.3 Å². The fraction of sp³-hybridized carbons (Fsp3) is 0.647. The molecule has 0 bridgehead atoms. The first-order valence-electron chi connectivity index (χ1n) is 7.55. The number of halogens is 1. The molecule has 0 radical (unpaired) electrons. The summed E-state index contributed by atoms with van der Waals surface area (Å²) in [6.07, 6.45) is 0.480. The summed E-state index contributed by atoms with van der Waals surface area (Å²) < 4.78 is 31.6. The average Bonchev–Trinajstić information content (AvgIpc) is 2.73. The van der Waals surface area contributed by atoms with Crippen LogP contribution in [0.25, 0.3) is 0 Å². The van der Waals surface area contributed by atoms with E-state index in [-0.39, 0.29) is 5.41 Å². The largest absolute Gasteiger partial charge is 0.280 e. The van der Waals surface area contributed by atoms with E-state index in [1.807, 2.05) is 13.8 Å². The molecule has 0 N–H and O–H groups in total. The van der Waals surface area contributed by atoms with Gasteiger partial charge >= 0.3 is 0 Å². The van der Waals surface area contributed by atoms with Gasteiger partial charge in [-0.3, -0.25) is 4.18 Å². The van der Waals surface area contributed by atoms with Crippen molar-refractivity contribution in [3.8, 4) is 0 Å². The first-order chi connectivity index (χ1) is 9.70. The molecule has 1 aliphatic rings. The molecule has 2 nitrogen and oxygen atoms in total. The third-order valence-electron chi connectivity index (χ3n) is 4.08. The highest BCUT2D eigenvalue weighted by Gasteiger charge is 2.31. The summed E-state index contributed by atoms with van der Waals surface area (Å²) in [7, 11) is 0. The van der Waals surface area contributed by atoms with Crippen LogP contribution < -0.4 is 0 Å². The lowest BCUT2D eigenvalue weighted by Crippen LogP contribution is -2.21. The molecule has 1 aromatic rings. The second kappa shape index (κ2) is 6.17. The summed E-state index contributed by atoms with van der Waals surface area (Å²) in [5, 5.41) is 0. The van der Waals surface area contributed by atoms with Crippen LogP contribution in [0.2, 0.25) is 0 Å². The number of hydrogen-bond donors (Lipinski definition) is 0. The van der Waals surface area contributed by atoms with Crippen molar-refractivity contribution in [3.05, 3.63) is 28.8 Å². The molecule has 1 saturated carbocycles. The van der Waals surface area contributed by atoms with Gasteiger partial charge in [0, 0.05) is 0 Å². The first-order valence-corrected chi connectivity index (χ1v) is 8.62. The SMILES string of the molecule is Cc1cc(C(C)(C)C)cc(C)c1S(=O)O[C@@H]1CCC[C@H]1F. The van der Waals surface area contributed by atoms with Gasteiger partial charge in [0.15, 0.2) is 11.1 Å². The highest BCUT2D eigenvalue weighted by Crippen LogP contribution is 2.31. The topological polar surface area (TPSA) is 26.3 Å². The molecule has 0 aliphatic heterocycles. The van der Waals surface area contributed by atoms with Crippen LogP contribution in [0.4, 0.5) is 4.39 Å². The minimum atomic E-state index is -1.59. The molecule has 21 heavy (non-hydrogen) atoms. The van der Waals surface area contributed by atoms with E-state index in [1.165, 1.54) is 5.56 Å². The summed E-state index contributed by atoms with van der Waals surface area (Å²) in [6.45, 7) is 10.3. The summed E-state index contributed by atoms with van der Waals surface area (Å²) in [6, 6.07) is 4.12. The van der Waals surface area contributed by atoms with Gasteiger partial charge in [-0.05, 0) is 55.2 Å². The van der Waals surface area contributed by atoms with E-state index in [1.54, 1.807) is 0 Å². The minimum absolute atomic E-state index is 0.0475. The van der Waals surface area contributed by atoms with Gasteiger partial charge in [-0.25, -0.2) is 8.60 Å². The van der Waals surface area contributed by atoms with Gasteiger partial charge in [-0.2, -0.15) is 0 Å². The predicted molar refractivity (Wildman–Crippen MR) is 84.6 cm³/mol. The Hall–Kier alpha value is -0.740. The first kappa shape index (κ1) is 16.6. The average molecular weight is 312 g/mol. The normalized spacial score (nSPS) is 24.3. The van der Waals surface area contributed by atoms with Crippen LogP contribution in [0.1, 0.15) is 56.7 Å².